The molecular formula is C22H31NO. The maximum Gasteiger partial charge on any atom is 0.123 e. The average molecular weight is 325 g/mol. The lowest BCUT2D eigenvalue weighted by atomic mass is 9.98. The van der Waals surface area contributed by atoms with Crippen molar-refractivity contribution in [2.75, 3.05) is 11.9 Å². The number of anilines is 1. The van der Waals surface area contributed by atoms with Crippen LogP contribution in [0.25, 0.3) is 0 Å². The maximum atomic E-state index is 6.35. The topological polar surface area (TPSA) is 21.3 Å². The van der Waals surface area contributed by atoms with E-state index in [4.69, 9.17) is 4.74 Å². The van der Waals surface area contributed by atoms with Gasteiger partial charge in [0, 0.05) is 5.69 Å². The third-order valence-corrected chi connectivity index (χ3v) is 4.94. The molecule has 130 valence electrons. The third kappa shape index (κ3) is 4.53. The average Bonchev–Trinajstić information content (AvgIpc) is 2.61. The molecule has 0 aliphatic heterocycles. The van der Waals surface area contributed by atoms with Crippen LogP contribution < -0.4 is 10.1 Å². The predicted molar refractivity (Wildman–Crippen MR) is 104 cm³/mol. The lowest BCUT2D eigenvalue weighted by molar-refractivity contribution is 0.207. The number of hydrogen-bond donors (Lipinski definition) is 1. The van der Waals surface area contributed by atoms with Gasteiger partial charge in [0.1, 0.15) is 11.9 Å². The van der Waals surface area contributed by atoms with E-state index < -0.39 is 0 Å². The Hall–Kier alpha value is -1.96. The molecule has 2 unspecified atom stereocenters. The van der Waals surface area contributed by atoms with E-state index in [9.17, 15) is 0 Å². The van der Waals surface area contributed by atoms with Gasteiger partial charge in [0.25, 0.3) is 0 Å². The molecule has 0 aromatic heterocycles. The monoisotopic (exact) mass is 325 g/mol. The minimum absolute atomic E-state index is 0.162. The Balaban J connectivity index is 2.06. The van der Waals surface area contributed by atoms with Gasteiger partial charge >= 0.3 is 0 Å². The van der Waals surface area contributed by atoms with E-state index in [0.29, 0.717) is 5.92 Å². The summed E-state index contributed by atoms with van der Waals surface area (Å²) in [6.45, 7) is 11.8. The van der Waals surface area contributed by atoms with E-state index in [1.54, 1.807) is 0 Å². The number of aryl methyl sites for hydroxylation is 1. The Bertz CT molecular complexity index is 650. The summed E-state index contributed by atoms with van der Waals surface area (Å²) in [6.07, 6.45) is 2.26. The van der Waals surface area contributed by atoms with Gasteiger partial charge in [0.05, 0.1) is 6.54 Å². The summed E-state index contributed by atoms with van der Waals surface area (Å²) in [4.78, 5) is 0. The van der Waals surface area contributed by atoms with Crippen molar-refractivity contribution >= 4 is 5.69 Å². The molecule has 0 fully saturated rings. The predicted octanol–water partition coefficient (Wildman–Crippen LogP) is 6.09. The molecule has 2 atom stereocenters. The Labute approximate surface area is 147 Å². The van der Waals surface area contributed by atoms with Gasteiger partial charge in [-0.3, -0.25) is 0 Å². The van der Waals surface area contributed by atoms with Crippen molar-refractivity contribution in [3.05, 3.63) is 59.2 Å². The second-order valence-electron chi connectivity index (χ2n) is 6.62. The minimum Gasteiger partial charge on any atom is -0.488 e. The molecule has 24 heavy (non-hydrogen) atoms. The van der Waals surface area contributed by atoms with E-state index in [-0.39, 0.29) is 6.10 Å². The third-order valence-electron chi connectivity index (χ3n) is 4.94. The van der Waals surface area contributed by atoms with Crippen molar-refractivity contribution in [3.8, 4) is 5.75 Å². The first-order chi connectivity index (χ1) is 11.6. The highest BCUT2D eigenvalue weighted by molar-refractivity contribution is 5.53. The summed E-state index contributed by atoms with van der Waals surface area (Å²) in [5.74, 6) is 1.55. The number of ether oxygens (including phenoxy) is 1. The molecule has 1 N–H and O–H groups in total. The lowest BCUT2D eigenvalue weighted by Crippen LogP contribution is -2.26. The van der Waals surface area contributed by atoms with Crippen molar-refractivity contribution in [1.29, 1.82) is 0 Å². The zero-order chi connectivity index (χ0) is 17.5. The van der Waals surface area contributed by atoms with Crippen molar-refractivity contribution in [2.24, 2.45) is 0 Å². The van der Waals surface area contributed by atoms with Crippen molar-refractivity contribution < 1.29 is 4.74 Å². The molecule has 0 saturated carbocycles. The zero-order valence-electron chi connectivity index (χ0n) is 15.7. The van der Waals surface area contributed by atoms with Crippen LogP contribution in [0.1, 0.15) is 56.2 Å². The van der Waals surface area contributed by atoms with Gasteiger partial charge in [0.15, 0.2) is 0 Å². The number of hydrogen-bond acceptors (Lipinski definition) is 2. The molecule has 2 aromatic rings. The minimum atomic E-state index is 0.162. The molecule has 2 aromatic carbocycles. The summed E-state index contributed by atoms with van der Waals surface area (Å²) in [6, 6.07) is 14.8. The Morgan fingerprint density at radius 1 is 0.958 bits per heavy atom. The summed E-state index contributed by atoms with van der Waals surface area (Å²) in [7, 11) is 0. The van der Waals surface area contributed by atoms with E-state index in [1.165, 1.54) is 22.4 Å². The van der Waals surface area contributed by atoms with Crippen molar-refractivity contribution in [2.45, 2.75) is 59.5 Å². The van der Waals surface area contributed by atoms with Crippen LogP contribution in [0.5, 0.6) is 5.75 Å². The maximum absolute atomic E-state index is 6.35. The number of para-hydroxylation sites is 1. The second kappa shape index (κ2) is 8.77. The molecule has 0 amide bonds. The summed E-state index contributed by atoms with van der Waals surface area (Å²) in [5.41, 5.74) is 5.14. The van der Waals surface area contributed by atoms with Crippen LogP contribution in [0.3, 0.4) is 0 Å². The van der Waals surface area contributed by atoms with Crippen LogP contribution in [0, 0.1) is 13.8 Å². The van der Waals surface area contributed by atoms with E-state index in [2.05, 4.69) is 82.4 Å². The number of benzene rings is 2. The van der Waals surface area contributed by atoms with Crippen molar-refractivity contribution in [1.82, 2.24) is 0 Å². The largest absolute Gasteiger partial charge is 0.488 e. The van der Waals surface area contributed by atoms with Crippen LogP contribution in [0.2, 0.25) is 0 Å². The molecule has 0 aliphatic rings. The summed E-state index contributed by atoms with van der Waals surface area (Å²) < 4.78 is 6.35. The molecule has 0 saturated heterocycles. The van der Waals surface area contributed by atoms with Crippen LogP contribution in [0.15, 0.2) is 42.5 Å². The van der Waals surface area contributed by atoms with Gasteiger partial charge in [-0.25, -0.2) is 0 Å². The van der Waals surface area contributed by atoms with Gasteiger partial charge in [0.2, 0.25) is 0 Å². The van der Waals surface area contributed by atoms with Crippen LogP contribution in [-0.4, -0.2) is 12.6 Å². The fourth-order valence-corrected chi connectivity index (χ4v) is 2.83. The van der Waals surface area contributed by atoms with Gasteiger partial charge in [-0.05, 0) is 61.4 Å². The quantitative estimate of drug-likeness (QED) is 0.634. The Morgan fingerprint density at radius 3 is 2.42 bits per heavy atom. The molecule has 0 radical (unpaired) electrons. The van der Waals surface area contributed by atoms with Crippen LogP contribution >= 0.6 is 0 Å². The fraction of sp³-hybridized carbons (Fsp3) is 0.455. The SMILES string of the molecule is CCC(CNc1cccc(C)c1C)Oc1ccccc1C(C)CC. The Kier molecular flexibility index (Phi) is 6.72. The number of rotatable bonds is 8. The van der Waals surface area contributed by atoms with Crippen LogP contribution in [-0.2, 0) is 0 Å². The molecular weight excluding hydrogens is 294 g/mol. The second-order valence-corrected chi connectivity index (χ2v) is 6.62. The first kappa shape index (κ1) is 18.4. The van der Waals surface area contributed by atoms with Gasteiger partial charge in [-0.15, -0.1) is 0 Å². The highest BCUT2D eigenvalue weighted by atomic mass is 16.5. The van der Waals surface area contributed by atoms with Crippen LogP contribution in [0.4, 0.5) is 5.69 Å². The smallest absolute Gasteiger partial charge is 0.123 e. The molecule has 0 aliphatic carbocycles. The highest BCUT2D eigenvalue weighted by Gasteiger charge is 2.14. The highest BCUT2D eigenvalue weighted by Crippen LogP contribution is 2.29. The molecule has 2 heteroatoms. The van der Waals surface area contributed by atoms with Gasteiger partial charge < -0.3 is 10.1 Å². The normalized spacial score (nSPS) is 13.4. The summed E-state index contributed by atoms with van der Waals surface area (Å²) >= 11 is 0. The molecule has 0 bridgehead atoms. The fourth-order valence-electron chi connectivity index (χ4n) is 2.83. The first-order valence-electron chi connectivity index (χ1n) is 9.12. The standard InChI is InChI=1S/C22H31NO/c1-6-16(3)20-12-8-9-14-22(20)24-19(7-2)15-23-21-13-10-11-17(4)18(21)5/h8-14,16,19,23H,6-7,15H2,1-5H3. The Morgan fingerprint density at radius 2 is 1.71 bits per heavy atom. The molecule has 0 spiro atoms. The number of nitrogens with one attached hydrogen (secondary N) is 1. The molecule has 0 heterocycles. The van der Waals surface area contributed by atoms with E-state index in [1.807, 2.05) is 0 Å². The first-order valence-corrected chi connectivity index (χ1v) is 9.12. The zero-order valence-corrected chi connectivity index (χ0v) is 15.7. The summed E-state index contributed by atoms with van der Waals surface area (Å²) in [5, 5.41) is 3.56. The van der Waals surface area contributed by atoms with Gasteiger partial charge in [-0.1, -0.05) is 51.1 Å². The van der Waals surface area contributed by atoms with E-state index in [0.717, 1.165) is 25.1 Å². The molecule has 2 nitrogen and oxygen atoms in total. The lowest BCUT2D eigenvalue weighted by Gasteiger charge is -2.23. The van der Waals surface area contributed by atoms with Gasteiger partial charge in [-0.2, -0.15) is 0 Å². The van der Waals surface area contributed by atoms with E-state index >= 15 is 0 Å². The van der Waals surface area contributed by atoms with Crippen molar-refractivity contribution in [3.63, 3.8) is 0 Å². The molecule has 2 rings (SSSR count).